The van der Waals surface area contributed by atoms with E-state index >= 15 is 0 Å². The first kappa shape index (κ1) is 16.7. The topological polar surface area (TPSA) is 61.1 Å². The van der Waals surface area contributed by atoms with E-state index in [1.165, 1.54) is 6.92 Å². The van der Waals surface area contributed by atoms with Crippen molar-refractivity contribution in [2.45, 2.75) is 14.4 Å². The van der Waals surface area contributed by atoms with Crippen LogP contribution >= 0.6 is 0 Å². The Hall–Kier alpha value is -1.04. The van der Waals surface area contributed by atoms with Crippen LogP contribution < -0.4 is 0 Å². The van der Waals surface area contributed by atoms with E-state index in [-0.39, 0.29) is 13.9 Å². The molecule has 0 rings (SSSR count). The van der Waals surface area contributed by atoms with Crippen molar-refractivity contribution in [3.8, 4) is 6.07 Å². The molecule has 1 N–H and O–H groups in total. The highest BCUT2D eigenvalue weighted by molar-refractivity contribution is 5.32. The first-order valence-corrected chi connectivity index (χ1v) is 1.22. The molecule has 0 unspecified atom stereocenters. The molecule has 7 heavy (non-hydrogen) atoms. The maximum Gasteiger partial charge on any atom is 0.290 e. The maximum absolute atomic E-state index is 8.36. The Labute approximate surface area is 43.2 Å². The Kier molecular flexibility index (Phi) is 202. The smallest absolute Gasteiger partial charge is 0.290 e. The van der Waals surface area contributed by atoms with Crippen molar-refractivity contribution < 1.29 is 9.90 Å². The van der Waals surface area contributed by atoms with Gasteiger partial charge in [-0.05, 0) is 0 Å². The Morgan fingerprint density at radius 2 is 1.86 bits per heavy atom. The molecule has 0 aliphatic heterocycles. The Morgan fingerprint density at radius 3 is 1.86 bits per heavy atom. The molecule has 0 spiro atoms. The van der Waals surface area contributed by atoms with Crippen molar-refractivity contribution >= 4 is 6.47 Å². The lowest BCUT2D eigenvalue weighted by Crippen LogP contribution is -1.49. The van der Waals surface area contributed by atoms with Crippen LogP contribution in [-0.4, -0.2) is 11.6 Å². The highest BCUT2D eigenvalue weighted by Crippen LogP contribution is 1.21. The SMILES string of the molecule is C.CC#N.O=CO. The van der Waals surface area contributed by atoms with E-state index in [2.05, 4.69) is 0 Å². The number of nitriles is 1. The second-order valence-corrected chi connectivity index (χ2v) is 0.329. The number of carboxylic acid groups (broad SMARTS) is 1. The normalized spacial score (nSPS) is 2.86. The fourth-order valence-electron chi connectivity index (χ4n) is 0. The van der Waals surface area contributed by atoms with E-state index in [0.717, 1.165) is 0 Å². The zero-order valence-electron chi connectivity index (χ0n) is 3.38. The Bertz CT molecular complexity index is 55.2. The predicted molar refractivity (Wildman–Crippen MR) is 26.7 cm³/mol. The van der Waals surface area contributed by atoms with Gasteiger partial charge in [-0.2, -0.15) is 5.26 Å². The zero-order valence-corrected chi connectivity index (χ0v) is 3.38. The first-order chi connectivity index (χ1) is 2.83. The maximum atomic E-state index is 8.36. The van der Waals surface area contributed by atoms with Crippen LogP contribution in [0.4, 0.5) is 0 Å². The van der Waals surface area contributed by atoms with Gasteiger partial charge in [0, 0.05) is 6.92 Å². The third-order valence-corrected chi connectivity index (χ3v) is 0. The summed E-state index contributed by atoms with van der Waals surface area (Å²) in [6, 6.07) is 1.75. The summed E-state index contributed by atoms with van der Waals surface area (Å²) in [6.07, 6.45) is 0. The van der Waals surface area contributed by atoms with Crippen LogP contribution in [0.15, 0.2) is 0 Å². The van der Waals surface area contributed by atoms with Gasteiger partial charge < -0.3 is 5.11 Å². The van der Waals surface area contributed by atoms with E-state index in [0.29, 0.717) is 0 Å². The third-order valence-electron chi connectivity index (χ3n) is 0. The van der Waals surface area contributed by atoms with E-state index in [1.807, 2.05) is 0 Å². The molecule has 0 saturated heterocycles. The molecule has 0 aromatic rings. The molecular weight excluding hydrogens is 94.0 g/mol. The molecule has 3 nitrogen and oxygen atoms in total. The van der Waals surface area contributed by atoms with Crippen molar-refractivity contribution in [1.82, 2.24) is 0 Å². The van der Waals surface area contributed by atoms with Gasteiger partial charge in [0.1, 0.15) is 0 Å². The van der Waals surface area contributed by atoms with Crippen LogP contribution in [0.25, 0.3) is 0 Å². The molecule has 0 aromatic heterocycles. The molecule has 0 fully saturated rings. The van der Waals surface area contributed by atoms with Gasteiger partial charge in [-0.1, -0.05) is 7.43 Å². The van der Waals surface area contributed by atoms with Crippen molar-refractivity contribution in [1.29, 1.82) is 5.26 Å². The van der Waals surface area contributed by atoms with Gasteiger partial charge in [-0.3, -0.25) is 4.79 Å². The lowest BCUT2D eigenvalue weighted by atomic mass is 11.0. The molecule has 3 heteroatoms. The summed E-state index contributed by atoms with van der Waals surface area (Å²) in [6.45, 7) is 1.18. The van der Waals surface area contributed by atoms with Crippen molar-refractivity contribution in [2.24, 2.45) is 0 Å². The molecule has 0 radical (unpaired) electrons. The Balaban J connectivity index is -0.0000000400. The molecule has 0 bridgehead atoms. The molecule has 0 atom stereocenters. The van der Waals surface area contributed by atoms with Gasteiger partial charge in [0.05, 0.1) is 6.07 Å². The number of hydrogen-bond acceptors (Lipinski definition) is 2. The quantitative estimate of drug-likeness (QED) is 0.462. The monoisotopic (exact) mass is 103 g/mol. The summed E-state index contributed by atoms with van der Waals surface area (Å²) in [5.74, 6) is 0. The van der Waals surface area contributed by atoms with Gasteiger partial charge in [-0.25, -0.2) is 0 Å². The predicted octanol–water partition coefficient (Wildman–Crippen LogP) is 0.867. The minimum atomic E-state index is -0.250. The third kappa shape index (κ3) is 40.2. The van der Waals surface area contributed by atoms with Crippen LogP contribution in [-0.2, 0) is 4.79 Å². The zero-order chi connectivity index (χ0) is 5.41. The molecular formula is C4H9NO2. The lowest BCUT2D eigenvalue weighted by molar-refractivity contribution is -0.122. The van der Waals surface area contributed by atoms with E-state index in [4.69, 9.17) is 15.2 Å². The van der Waals surface area contributed by atoms with Gasteiger partial charge in [0.2, 0.25) is 0 Å². The van der Waals surface area contributed by atoms with Gasteiger partial charge in [0.15, 0.2) is 0 Å². The van der Waals surface area contributed by atoms with Gasteiger partial charge in [0.25, 0.3) is 6.47 Å². The molecule has 0 saturated carbocycles. The summed E-state index contributed by atoms with van der Waals surface area (Å²) in [7, 11) is 0. The minimum Gasteiger partial charge on any atom is -0.483 e. The number of carbonyl (C=O) groups is 1. The summed E-state index contributed by atoms with van der Waals surface area (Å²) >= 11 is 0. The standard InChI is InChI=1S/C2H3N.CH2O2.CH4/c1-2-3;2-1-3;/h1H3;1H,(H,2,3);1H4. The van der Waals surface area contributed by atoms with Crippen LogP contribution in [0, 0.1) is 11.3 Å². The van der Waals surface area contributed by atoms with Gasteiger partial charge >= 0.3 is 0 Å². The molecule has 42 valence electrons. The summed E-state index contributed by atoms with van der Waals surface area (Å²) in [5, 5.41) is 14.2. The molecule has 0 aliphatic carbocycles. The van der Waals surface area contributed by atoms with Crippen LogP contribution in [0.3, 0.4) is 0 Å². The van der Waals surface area contributed by atoms with Crippen molar-refractivity contribution in [2.75, 3.05) is 0 Å². The lowest BCUT2D eigenvalue weighted by Gasteiger charge is -1.34. The van der Waals surface area contributed by atoms with Crippen molar-refractivity contribution in [3.63, 3.8) is 0 Å². The molecule has 0 heterocycles. The van der Waals surface area contributed by atoms with Gasteiger partial charge in [-0.15, -0.1) is 0 Å². The van der Waals surface area contributed by atoms with E-state index in [9.17, 15) is 0 Å². The number of hydrogen-bond donors (Lipinski definition) is 1. The fourth-order valence-corrected chi connectivity index (χ4v) is 0. The number of rotatable bonds is 0. The first-order valence-electron chi connectivity index (χ1n) is 1.22. The fraction of sp³-hybridized carbons (Fsp3) is 0.500. The van der Waals surface area contributed by atoms with Crippen LogP contribution in [0.1, 0.15) is 14.4 Å². The summed E-state index contributed by atoms with van der Waals surface area (Å²) < 4.78 is 0. The summed E-state index contributed by atoms with van der Waals surface area (Å²) in [4.78, 5) is 8.36. The molecule has 0 aliphatic rings. The molecule has 0 aromatic carbocycles. The highest BCUT2D eigenvalue weighted by Gasteiger charge is 1.22. The number of nitrogens with zero attached hydrogens (tertiary/aromatic N) is 1. The second kappa shape index (κ2) is 84.4. The average Bonchev–Trinajstić information content (AvgIpc) is 1.39. The average molecular weight is 103 g/mol. The van der Waals surface area contributed by atoms with E-state index < -0.39 is 0 Å². The molecule has 0 amide bonds. The van der Waals surface area contributed by atoms with Crippen molar-refractivity contribution in [3.05, 3.63) is 0 Å². The van der Waals surface area contributed by atoms with Crippen LogP contribution in [0.2, 0.25) is 0 Å². The highest BCUT2D eigenvalue weighted by atomic mass is 16.3. The Morgan fingerprint density at radius 1 is 1.86 bits per heavy atom. The second-order valence-electron chi connectivity index (χ2n) is 0.329. The van der Waals surface area contributed by atoms with E-state index in [1.54, 1.807) is 6.07 Å². The largest absolute Gasteiger partial charge is 0.483 e. The summed E-state index contributed by atoms with van der Waals surface area (Å²) in [5.41, 5.74) is 0. The minimum absolute atomic E-state index is 0. The van der Waals surface area contributed by atoms with Crippen LogP contribution in [0.5, 0.6) is 0 Å².